The minimum atomic E-state index is -0.531. The monoisotopic (exact) mass is 356 g/mol. The van der Waals surface area contributed by atoms with Crippen LogP contribution in [0.4, 0.5) is 0 Å². The smallest absolute Gasteiger partial charge is 0.238 e. The van der Waals surface area contributed by atoms with Gasteiger partial charge in [-0.05, 0) is 47.6 Å². The summed E-state index contributed by atoms with van der Waals surface area (Å²) in [6.45, 7) is 0. The minimum Gasteiger partial charge on any atom is -0.339 e. The van der Waals surface area contributed by atoms with E-state index in [0.29, 0.717) is 23.9 Å². The minimum absolute atomic E-state index is 0.0667. The van der Waals surface area contributed by atoms with E-state index < -0.39 is 6.04 Å². The maximum Gasteiger partial charge on any atom is 0.238 e. The fourth-order valence-electron chi connectivity index (χ4n) is 3.73. The van der Waals surface area contributed by atoms with Crippen molar-refractivity contribution >= 4 is 5.91 Å². The third-order valence-electron chi connectivity index (χ3n) is 5.41. The first-order valence-corrected chi connectivity index (χ1v) is 9.22. The molecule has 0 spiro atoms. The molecule has 2 fully saturated rings. The molecule has 1 aliphatic carbocycles. The van der Waals surface area contributed by atoms with Crippen LogP contribution in [0.2, 0.25) is 0 Å². The summed E-state index contributed by atoms with van der Waals surface area (Å²) < 4.78 is 0. The first-order valence-electron chi connectivity index (χ1n) is 9.22. The van der Waals surface area contributed by atoms with Crippen LogP contribution >= 0.6 is 0 Å². The van der Waals surface area contributed by atoms with Gasteiger partial charge in [0.15, 0.2) is 0 Å². The summed E-state index contributed by atoms with van der Waals surface area (Å²) in [7, 11) is 0. The summed E-state index contributed by atoms with van der Waals surface area (Å²) >= 11 is 0. The third kappa shape index (κ3) is 3.84. The molecule has 4 atom stereocenters. The lowest BCUT2D eigenvalue weighted by Gasteiger charge is -2.17. The third-order valence-corrected chi connectivity index (χ3v) is 5.41. The number of nitriles is 2. The van der Waals surface area contributed by atoms with Gasteiger partial charge in [0.25, 0.3) is 0 Å². The summed E-state index contributed by atoms with van der Waals surface area (Å²) in [6.07, 6.45) is 2.54. The summed E-state index contributed by atoms with van der Waals surface area (Å²) in [5.41, 5.74) is 3.73. The Balaban J connectivity index is 1.37. The molecule has 2 aromatic rings. The number of fused-ring (bicyclic) bond motifs is 1. The molecular weight excluding hydrogens is 336 g/mol. The van der Waals surface area contributed by atoms with E-state index in [1.807, 2.05) is 36.4 Å². The second-order valence-electron chi connectivity index (χ2n) is 7.34. The van der Waals surface area contributed by atoms with Crippen molar-refractivity contribution in [3.05, 3.63) is 59.7 Å². The van der Waals surface area contributed by atoms with E-state index in [4.69, 9.17) is 5.26 Å². The molecule has 2 aliphatic rings. The van der Waals surface area contributed by atoms with Gasteiger partial charge in [0, 0.05) is 12.5 Å². The highest BCUT2D eigenvalue weighted by molar-refractivity contribution is 5.83. The van der Waals surface area contributed by atoms with Gasteiger partial charge in [-0.25, -0.2) is 0 Å². The van der Waals surface area contributed by atoms with E-state index in [1.54, 1.807) is 12.1 Å². The largest absolute Gasteiger partial charge is 0.339 e. The molecule has 5 nitrogen and oxygen atoms in total. The van der Waals surface area contributed by atoms with Crippen LogP contribution in [0.1, 0.15) is 24.0 Å². The van der Waals surface area contributed by atoms with Crippen LogP contribution in [0.3, 0.4) is 0 Å². The summed E-state index contributed by atoms with van der Waals surface area (Å²) in [4.78, 5) is 12.3. The molecule has 134 valence electrons. The van der Waals surface area contributed by atoms with Crippen LogP contribution in [0.15, 0.2) is 48.5 Å². The molecule has 1 saturated heterocycles. The lowest BCUT2D eigenvalue weighted by Crippen LogP contribution is -2.46. The van der Waals surface area contributed by atoms with E-state index in [-0.39, 0.29) is 11.9 Å². The fraction of sp³-hybridized carbons (Fsp3) is 0.318. The van der Waals surface area contributed by atoms with Crippen molar-refractivity contribution in [1.29, 1.82) is 10.5 Å². The van der Waals surface area contributed by atoms with E-state index in [1.165, 1.54) is 6.42 Å². The number of piperidine rings is 1. The number of hydrogen-bond acceptors (Lipinski definition) is 4. The zero-order chi connectivity index (χ0) is 18.8. The molecule has 0 radical (unpaired) electrons. The van der Waals surface area contributed by atoms with E-state index in [0.717, 1.165) is 23.1 Å². The summed E-state index contributed by atoms with van der Waals surface area (Å²) in [6, 6.07) is 19.5. The Morgan fingerprint density at radius 2 is 1.74 bits per heavy atom. The Hall–Kier alpha value is -3.15. The standard InChI is InChI=1S/C22H20N4O/c23-12-15-3-7-17(8-4-15)16-5-1-14(2-6-16)9-19(13-24)25-22(27)21-11-18-10-20(18)26-21/h1-8,18-21,26H,9-11H2,(H,25,27). The van der Waals surface area contributed by atoms with Crippen molar-refractivity contribution in [2.24, 2.45) is 5.92 Å². The molecule has 1 saturated carbocycles. The number of carbonyl (C=O) groups excluding carboxylic acids is 1. The zero-order valence-electron chi connectivity index (χ0n) is 14.9. The summed E-state index contributed by atoms with van der Waals surface area (Å²) in [5, 5.41) is 24.5. The quantitative estimate of drug-likeness (QED) is 0.862. The van der Waals surface area contributed by atoms with Gasteiger partial charge >= 0.3 is 0 Å². The molecule has 4 unspecified atom stereocenters. The van der Waals surface area contributed by atoms with Crippen molar-refractivity contribution < 1.29 is 4.79 Å². The Bertz CT molecular complexity index is 911. The molecule has 1 amide bonds. The normalized spacial score (nSPS) is 23.6. The molecule has 0 aromatic heterocycles. The predicted molar refractivity (Wildman–Crippen MR) is 101 cm³/mol. The Morgan fingerprint density at radius 1 is 1.07 bits per heavy atom. The molecule has 2 N–H and O–H groups in total. The average Bonchev–Trinajstić information content (AvgIpc) is 3.33. The summed E-state index contributed by atoms with van der Waals surface area (Å²) in [5.74, 6) is 0.582. The highest BCUT2D eigenvalue weighted by Crippen LogP contribution is 2.40. The first kappa shape index (κ1) is 17.3. The average molecular weight is 356 g/mol. The van der Waals surface area contributed by atoms with E-state index >= 15 is 0 Å². The Labute approximate surface area is 158 Å². The second kappa shape index (κ2) is 7.23. The second-order valence-corrected chi connectivity index (χ2v) is 7.34. The molecule has 5 heteroatoms. The van der Waals surface area contributed by atoms with Gasteiger partial charge in [0.2, 0.25) is 5.91 Å². The highest BCUT2D eigenvalue weighted by atomic mass is 16.2. The van der Waals surface area contributed by atoms with Crippen LogP contribution in [0, 0.1) is 28.6 Å². The van der Waals surface area contributed by atoms with Gasteiger partial charge < -0.3 is 10.6 Å². The van der Waals surface area contributed by atoms with Crippen molar-refractivity contribution in [2.75, 3.05) is 0 Å². The number of nitrogens with zero attached hydrogens (tertiary/aromatic N) is 2. The topological polar surface area (TPSA) is 88.7 Å². The van der Waals surface area contributed by atoms with Gasteiger partial charge in [-0.3, -0.25) is 4.79 Å². The molecule has 0 bridgehead atoms. The zero-order valence-corrected chi connectivity index (χ0v) is 14.9. The van der Waals surface area contributed by atoms with Gasteiger partial charge in [-0.15, -0.1) is 0 Å². The van der Waals surface area contributed by atoms with E-state index in [9.17, 15) is 10.1 Å². The highest BCUT2D eigenvalue weighted by Gasteiger charge is 2.47. The number of hydrogen-bond donors (Lipinski definition) is 2. The molecule has 1 heterocycles. The van der Waals surface area contributed by atoms with Gasteiger partial charge in [-0.2, -0.15) is 10.5 Å². The predicted octanol–water partition coefficient (Wildman–Crippen LogP) is 2.53. The maximum atomic E-state index is 12.3. The Morgan fingerprint density at radius 3 is 2.30 bits per heavy atom. The SMILES string of the molecule is N#Cc1ccc(-c2ccc(CC(C#N)NC(=O)C3CC4CC4N3)cc2)cc1. The fourth-order valence-corrected chi connectivity index (χ4v) is 3.73. The first-order chi connectivity index (χ1) is 13.2. The van der Waals surface area contributed by atoms with Crippen LogP contribution < -0.4 is 10.6 Å². The van der Waals surface area contributed by atoms with E-state index in [2.05, 4.69) is 22.8 Å². The van der Waals surface area contributed by atoms with Gasteiger partial charge in [0.05, 0.1) is 23.7 Å². The van der Waals surface area contributed by atoms with Crippen LogP contribution in [0.5, 0.6) is 0 Å². The number of amides is 1. The van der Waals surface area contributed by atoms with Gasteiger partial charge in [-0.1, -0.05) is 36.4 Å². The van der Waals surface area contributed by atoms with Crippen LogP contribution in [-0.2, 0) is 11.2 Å². The molecular formula is C22H20N4O. The number of benzene rings is 2. The van der Waals surface area contributed by atoms with Gasteiger partial charge in [0.1, 0.15) is 6.04 Å². The number of nitrogens with one attached hydrogen (secondary N) is 2. The van der Waals surface area contributed by atoms with Crippen molar-refractivity contribution in [2.45, 2.75) is 37.4 Å². The molecule has 1 aliphatic heterocycles. The molecule has 2 aromatic carbocycles. The number of carbonyl (C=O) groups is 1. The van der Waals surface area contributed by atoms with Crippen LogP contribution in [0.25, 0.3) is 11.1 Å². The lowest BCUT2D eigenvalue weighted by molar-refractivity contribution is -0.123. The molecule has 27 heavy (non-hydrogen) atoms. The number of rotatable bonds is 5. The molecule has 4 rings (SSSR count). The van der Waals surface area contributed by atoms with Crippen molar-refractivity contribution in [3.8, 4) is 23.3 Å². The Kier molecular flexibility index (Phi) is 4.62. The maximum absolute atomic E-state index is 12.3. The van der Waals surface area contributed by atoms with Crippen molar-refractivity contribution in [3.63, 3.8) is 0 Å². The lowest BCUT2D eigenvalue weighted by atomic mass is 10.00. The van der Waals surface area contributed by atoms with Crippen molar-refractivity contribution in [1.82, 2.24) is 10.6 Å². The van der Waals surface area contributed by atoms with Crippen LogP contribution in [-0.4, -0.2) is 24.0 Å².